The molecule has 9 heteroatoms. The lowest BCUT2D eigenvalue weighted by molar-refractivity contribution is -0.107. The zero-order chi connectivity index (χ0) is 32.0. The van der Waals surface area contributed by atoms with Crippen molar-refractivity contribution in [1.82, 2.24) is 0 Å². The standard InChI is InChI=1S/C21H22FNO3.C9H10O2.C3H6O.CH4O/c1-21(2,24)10-11-25-20-12-15(7-6-14(20)13-23)26-19-9-8-18(22)16-4-3-5-17(16)19;1-6-5-11-9-4-7(10)2-3-8(6)9;1-2-3-4;1-2/h6-9,12,24H,3-5,10-11H2,1-2H3;2-4,6,10H,5H2,1H3;3H,2H2,1H3;2H,1H3. The summed E-state index contributed by atoms with van der Waals surface area (Å²) in [5.74, 6) is 2.98. The predicted octanol–water partition coefficient (Wildman–Crippen LogP) is 6.61. The number of hydrogen-bond donors (Lipinski definition) is 3. The molecule has 8 nitrogen and oxygen atoms in total. The van der Waals surface area contributed by atoms with Crippen molar-refractivity contribution in [2.45, 2.75) is 71.3 Å². The van der Waals surface area contributed by atoms with E-state index >= 15 is 0 Å². The number of aromatic hydroxyl groups is 1. The van der Waals surface area contributed by atoms with Gasteiger partial charge in [0.1, 0.15) is 46.9 Å². The van der Waals surface area contributed by atoms with E-state index in [1.165, 1.54) is 11.6 Å². The van der Waals surface area contributed by atoms with Gasteiger partial charge in [0.05, 0.1) is 24.4 Å². The van der Waals surface area contributed by atoms with Crippen molar-refractivity contribution in [1.29, 1.82) is 5.26 Å². The number of nitrogens with zero attached hydrogens (tertiary/aromatic N) is 1. The van der Waals surface area contributed by atoms with E-state index in [1.54, 1.807) is 50.2 Å². The van der Waals surface area contributed by atoms with E-state index in [9.17, 15) is 19.6 Å². The average Bonchev–Trinajstić information content (AvgIpc) is 3.63. The third kappa shape index (κ3) is 10.6. The number of aliphatic hydroxyl groups excluding tert-OH is 1. The number of nitriles is 1. The highest BCUT2D eigenvalue weighted by Gasteiger charge is 2.21. The van der Waals surface area contributed by atoms with E-state index in [4.69, 9.17) is 24.4 Å². The molecule has 0 saturated carbocycles. The zero-order valence-corrected chi connectivity index (χ0v) is 25.5. The van der Waals surface area contributed by atoms with Crippen LogP contribution in [0, 0.1) is 17.1 Å². The minimum absolute atomic E-state index is 0.180. The Morgan fingerprint density at radius 2 is 1.79 bits per heavy atom. The Hall–Kier alpha value is -4.13. The molecular weight excluding hydrogens is 553 g/mol. The van der Waals surface area contributed by atoms with Crippen LogP contribution in [0.2, 0.25) is 0 Å². The van der Waals surface area contributed by atoms with Crippen LogP contribution in [-0.4, -0.2) is 47.5 Å². The van der Waals surface area contributed by atoms with Gasteiger partial charge < -0.3 is 34.3 Å². The summed E-state index contributed by atoms with van der Waals surface area (Å²) in [6, 6.07) is 15.5. The van der Waals surface area contributed by atoms with Crippen LogP contribution < -0.4 is 14.2 Å². The topological polar surface area (TPSA) is 129 Å². The van der Waals surface area contributed by atoms with Gasteiger partial charge in [0, 0.05) is 49.1 Å². The van der Waals surface area contributed by atoms with Crippen LogP contribution in [0.1, 0.15) is 75.1 Å². The smallest absolute Gasteiger partial charge is 0.140 e. The van der Waals surface area contributed by atoms with Gasteiger partial charge in [-0.25, -0.2) is 4.39 Å². The SMILES string of the molecule is CC(C)(O)CCOc1cc(Oc2ccc(F)c3c2CCC3)ccc1C#N.CC1COc2cc(O)ccc21.CCC=O.CO. The highest BCUT2D eigenvalue weighted by atomic mass is 19.1. The van der Waals surface area contributed by atoms with Gasteiger partial charge in [0.15, 0.2) is 0 Å². The molecule has 43 heavy (non-hydrogen) atoms. The second-order valence-electron chi connectivity index (χ2n) is 10.6. The molecule has 1 aliphatic heterocycles. The first-order valence-corrected chi connectivity index (χ1v) is 14.3. The van der Waals surface area contributed by atoms with Gasteiger partial charge in [-0.15, -0.1) is 0 Å². The average molecular weight is 596 g/mol. The molecule has 3 N–H and O–H groups in total. The van der Waals surface area contributed by atoms with E-state index in [2.05, 4.69) is 13.0 Å². The van der Waals surface area contributed by atoms with Crippen LogP contribution in [0.15, 0.2) is 48.5 Å². The number of carbonyl (C=O) groups excluding carboxylic acids is 1. The Labute approximate surface area is 253 Å². The highest BCUT2D eigenvalue weighted by molar-refractivity contribution is 5.51. The number of aliphatic hydroxyl groups is 2. The number of phenols is 1. The van der Waals surface area contributed by atoms with Gasteiger partial charge in [0.2, 0.25) is 0 Å². The van der Waals surface area contributed by atoms with Crippen molar-refractivity contribution in [3.8, 4) is 34.8 Å². The molecule has 0 radical (unpaired) electrons. The van der Waals surface area contributed by atoms with Crippen LogP contribution in [0.4, 0.5) is 4.39 Å². The number of benzene rings is 3. The molecule has 0 aromatic heterocycles. The van der Waals surface area contributed by atoms with Gasteiger partial charge in [-0.1, -0.05) is 19.9 Å². The summed E-state index contributed by atoms with van der Waals surface area (Å²) in [6.07, 6.45) is 4.41. The number of halogens is 1. The molecule has 1 unspecified atom stereocenters. The fourth-order valence-electron chi connectivity index (χ4n) is 4.40. The van der Waals surface area contributed by atoms with Crippen LogP contribution in [0.25, 0.3) is 0 Å². The number of phenolic OH excluding ortho intramolecular Hbond substituents is 1. The summed E-state index contributed by atoms with van der Waals surface area (Å²) >= 11 is 0. The normalized spacial score (nSPS) is 14.1. The molecule has 0 saturated heterocycles. The number of ether oxygens (including phenoxy) is 3. The van der Waals surface area contributed by atoms with Gasteiger partial charge in [-0.2, -0.15) is 5.26 Å². The van der Waals surface area contributed by atoms with Crippen molar-refractivity contribution >= 4 is 6.29 Å². The first-order chi connectivity index (χ1) is 20.6. The summed E-state index contributed by atoms with van der Waals surface area (Å²) in [7, 11) is 1.00. The minimum atomic E-state index is -0.838. The Kier molecular flexibility index (Phi) is 13.9. The summed E-state index contributed by atoms with van der Waals surface area (Å²) in [6.45, 7) is 8.36. The lowest BCUT2D eigenvalue weighted by Gasteiger charge is -2.18. The molecule has 0 bridgehead atoms. The molecule has 2 aliphatic rings. The van der Waals surface area contributed by atoms with Gasteiger partial charge in [-0.3, -0.25) is 0 Å². The van der Waals surface area contributed by atoms with Crippen LogP contribution in [0.3, 0.4) is 0 Å². The third-order valence-corrected chi connectivity index (χ3v) is 6.64. The van der Waals surface area contributed by atoms with E-state index in [0.717, 1.165) is 56.1 Å². The molecule has 1 atom stereocenters. The molecule has 0 fully saturated rings. The van der Waals surface area contributed by atoms with Gasteiger partial charge >= 0.3 is 0 Å². The molecule has 232 valence electrons. The summed E-state index contributed by atoms with van der Waals surface area (Å²) in [4.78, 5) is 9.17. The Balaban J connectivity index is 0.000000311. The third-order valence-electron chi connectivity index (χ3n) is 6.64. The fourth-order valence-corrected chi connectivity index (χ4v) is 4.40. The molecule has 5 rings (SSSR count). The Morgan fingerprint density at radius 3 is 2.44 bits per heavy atom. The lowest BCUT2D eigenvalue weighted by Crippen LogP contribution is -2.21. The molecule has 0 amide bonds. The molecule has 3 aromatic rings. The van der Waals surface area contributed by atoms with Crippen molar-refractivity contribution in [2.75, 3.05) is 20.3 Å². The summed E-state index contributed by atoms with van der Waals surface area (Å²) in [5.41, 5.74) is 2.41. The second kappa shape index (κ2) is 17.1. The van der Waals surface area contributed by atoms with Gasteiger partial charge in [-0.05, 0) is 69.0 Å². The van der Waals surface area contributed by atoms with Gasteiger partial charge in [0.25, 0.3) is 0 Å². The number of rotatable bonds is 7. The molecular formula is C34H42FNO7. The minimum Gasteiger partial charge on any atom is -0.508 e. The Bertz CT molecular complexity index is 1380. The lowest BCUT2D eigenvalue weighted by atomic mass is 10.0. The van der Waals surface area contributed by atoms with Crippen molar-refractivity contribution in [2.24, 2.45) is 0 Å². The van der Waals surface area contributed by atoms with Crippen molar-refractivity contribution in [3.63, 3.8) is 0 Å². The van der Waals surface area contributed by atoms with Crippen LogP contribution in [0.5, 0.6) is 28.7 Å². The molecule has 3 aromatic carbocycles. The summed E-state index contributed by atoms with van der Waals surface area (Å²) in [5, 5.41) is 35.1. The van der Waals surface area contributed by atoms with Crippen molar-refractivity contribution < 1.29 is 38.7 Å². The molecule has 0 spiro atoms. The first kappa shape index (κ1) is 35.1. The quantitative estimate of drug-likeness (QED) is 0.260. The van der Waals surface area contributed by atoms with Crippen LogP contribution in [-0.2, 0) is 17.6 Å². The van der Waals surface area contributed by atoms with Crippen LogP contribution >= 0.6 is 0 Å². The fraction of sp³-hybridized carbons (Fsp3) is 0.412. The zero-order valence-electron chi connectivity index (χ0n) is 25.5. The molecule has 1 heterocycles. The largest absolute Gasteiger partial charge is 0.508 e. The first-order valence-electron chi connectivity index (χ1n) is 14.3. The number of hydrogen-bond acceptors (Lipinski definition) is 8. The second-order valence-corrected chi connectivity index (χ2v) is 10.6. The Morgan fingerprint density at radius 1 is 1.09 bits per heavy atom. The summed E-state index contributed by atoms with van der Waals surface area (Å²) < 4.78 is 30.8. The number of aldehydes is 1. The van der Waals surface area contributed by atoms with E-state index < -0.39 is 5.60 Å². The maximum Gasteiger partial charge on any atom is 0.140 e. The number of fused-ring (bicyclic) bond motifs is 2. The monoisotopic (exact) mass is 595 g/mol. The van der Waals surface area contributed by atoms with Crippen molar-refractivity contribution in [3.05, 3.63) is 76.6 Å². The maximum atomic E-state index is 13.9. The molecule has 1 aliphatic carbocycles. The van der Waals surface area contributed by atoms with E-state index in [1.807, 2.05) is 13.0 Å². The van der Waals surface area contributed by atoms with E-state index in [0.29, 0.717) is 41.6 Å². The predicted molar refractivity (Wildman–Crippen MR) is 163 cm³/mol. The number of carbonyl (C=O) groups is 1. The highest BCUT2D eigenvalue weighted by Crippen LogP contribution is 2.37. The maximum absolute atomic E-state index is 13.9. The van der Waals surface area contributed by atoms with E-state index in [-0.39, 0.29) is 18.2 Å².